The summed E-state index contributed by atoms with van der Waals surface area (Å²) in [4.78, 5) is 18.2. The van der Waals surface area contributed by atoms with E-state index in [4.69, 9.17) is 16.3 Å². The second-order valence-electron chi connectivity index (χ2n) is 10.6. The minimum absolute atomic E-state index is 0.0103. The highest BCUT2D eigenvalue weighted by molar-refractivity contribution is 7.91. The molecule has 2 atom stereocenters. The topological polar surface area (TPSA) is 70.2 Å². The summed E-state index contributed by atoms with van der Waals surface area (Å²) in [5, 5.41) is 1.42. The SMILES string of the molecule is COc1ccccc1N1CCN(C(=O)[C@@H]2CN(S(=O)(=O)c3sc4ccc(Cl)cc4c3C)C[C@H]2c2ccccc2)CC1. The van der Waals surface area contributed by atoms with Crippen molar-refractivity contribution in [3.05, 3.63) is 88.9 Å². The molecular formula is C31H32ClN3O4S2. The van der Waals surface area contributed by atoms with Crippen LogP contribution in [-0.2, 0) is 14.8 Å². The van der Waals surface area contributed by atoms with Gasteiger partial charge in [0, 0.05) is 54.9 Å². The average molecular weight is 610 g/mol. The number of hydrogen-bond donors (Lipinski definition) is 0. The number of carbonyl (C=O) groups is 1. The van der Waals surface area contributed by atoms with Crippen molar-refractivity contribution in [2.24, 2.45) is 5.92 Å². The lowest BCUT2D eigenvalue weighted by molar-refractivity contribution is -0.135. The van der Waals surface area contributed by atoms with Crippen LogP contribution in [-0.4, -0.2) is 69.9 Å². The molecule has 0 saturated carbocycles. The Morgan fingerprint density at radius 1 is 0.951 bits per heavy atom. The van der Waals surface area contributed by atoms with Crippen molar-refractivity contribution >= 4 is 54.6 Å². The first-order valence-corrected chi connectivity index (χ1v) is 16.3. The number of para-hydroxylation sites is 2. The monoisotopic (exact) mass is 609 g/mol. The molecule has 2 fully saturated rings. The van der Waals surface area contributed by atoms with Crippen molar-refractivity contribution in [1.82, 2.24) is 9.21 Å². The molecule has 1 aromatic heterocycles. The van der Waals surface area contributed by atoms with Gasteiger partial charge in [-0.3, -0.25) is 4.79 Å². The molecule has 7 nitrogen and oxygen atoms in total. The highest BCUT2D eigenvalue weighted by Gasteiger charge is 2.46. The van der Waals surface area contributed by atoms with Gasteiger partial charge in [-0.2, -0.15) is 4.31 Å². The minimum atomic E-state index is -3.82. The van der Waals surface area contributed by atoms with Crippen LogP contribution < -0.4 is 9.64 Å². The van der Waals surface area contributed by atoms with E-state index in [2.05, 4.69) is 4.90 Å². The Hall–Kier alpha value is -3.11. The highest BCUT2D eigenvalue weighted by Crippen LogP contribution is 2.42. The van der Waals surface area contributed by atoms with E-state index in [1.54, 1.807) is 13.2 Å². The number of amides is 1. The van der Waals surface area contributed by atoms with Crippen LogP contribution in [0.15, 0.2) is 77.0 Å². The minimum Gasteiger partial charge on any atom is -0.495 e. The van der Waals surface area contributed by atoms with Crippen LogP contribution in [0.3, 0.4) is 0 Å². The van der Waals surface area contributed by atoms with Gasteiger partial charge in [-0.1, -0.05) is 54.1 Å². The average Bonchev–Trinajstić information content (AvgIpc) is 3.60. The van der Waals surface area contributed by atoms with Crippen LogP contribution in [0.5, 0.6) is 5.75 Å². The first-order chi connectivity index (χ1) is 19.8. The van der Waals surface area contributed by atoms with Crippen LogP contribution in [0.25, 0.3) is 10.1 Å². The maximum Gasteiger partial charge on any atom is 0.252 e. The maximum atomic E-state index is 14.1. The number of hydrogen-bond acceptors (Lipinski definition) is 6. The van der Waals surface area contributed by atoms with E-state index in [0.29, 0.717) is 41.0 Å². The number of carbonyl (C=O) groups excluding carboxylic acids is 1. The Morgan fingerprint density at radius 2 is 1.66 bits per heavy atom. The first-order valence-electron chi connectivity index (χ1n) is 13.7. The van der Waals surface area contributed by atoms with Crippen LogP contribution in [0.2, 0.25) is 5.02 Å². The number of nitrogens with zero attached hydrogens (tertiary/aromatic N) is 3. The van der Waals surface area contributed by atoms with E-state index in [9.17, 15) is 13.2 Å². The summed E-state index contributed by atoms with van der Waals surface area (Å²) in [6, 6.07) is 23.2. The molecule has 3 aromatic carbocycles. The number of aryl methyl sites for hydroxylation is 1. The van der Waals surface area contributed by atoms with Crippen LogP contribution in [0.1, 0.15) is 17.0 Å². The molecule has 41 heavy (non-hydrogen) atoms. The fourth-order valence-electron chi connectivity index (χ4n) is 6.08. The number of methoxy groups -OCH3 is 1. The number of halogens is 1. The standard InChI is InChI=1S/C31H32ClN3O4S2/c1-21-24-18-23(32)12-13-29(24)40-31(21)41(37,38)35-19-25(22-8-4-3-5-9-22)26(20-35)30(36)34-16-14-33(15-17-34)27-10-6-7-11-28(27)39-2/h3-13,18,25-26H,14-17,19-20H2,1-2H3/t25-,26+/m0/s1. The summed E-state index contributed by atoms with van der Waals surface area (Å²) in [5.74, 6) is 0.131. The van der Waals surface area contributed by atoms with Gasteiger partial charge >= 0.3 is 0 Å². The van der Waals surface area contributed by atoms with Crippen molar-refractivity contribution in [3.63, 3.8) is 0 Å². The smallest absolute Gasteiger partial charge is 0.252 e. The third-order valence-electron chi connectivity index (χ3n) is 8.28. The van der Waals surface area contributed by atoms with Gasteiger partial charge in [0.25, 0.3) is 10.0 Å². The third-order valence-corrected chi connectivity index (χ3v) is 12.2. The summed E-state index contributed by atoms with van der Waals surface area (Å²) >= 11 is 7.47. The first kappa shape index (κ1) is 28.0. The second-order valence-corrected chi connectivity index (χ2v) is 14.2. The number of thiophene rings is 1. The molecule has 0 spiro atoms. The van der Waals surface area contributed by atoms with Crippen LogP contribution in [0.4, 0.5) is 5.69 Å². The number of benzene rings is 3. The van der Waals surface area contributed by atoms with Gasteiger partial charge in [0.15, 0.2) is 0 Å². The molecule has 0 N–H and O–H groups in total. The Morgan fingerprint density at radius 3 is 2.39 bits per heavy atom. The highest BCUT2D eigenvalue weighted by atomic mass is 35.5. The van der Waals surface area contributed by atoms with Gasteiger partial charge in [-0.15, -0.1) is 11.3 Å². The summed E-state index contributed by atoms with van der Waals surface area (Å²) in [6.07, 6.45) is 0. The number of piperazine rings is 1. The van der Waals surface area contributed by atoms with Gasteiger partial charge in [0.1, 0.15) is 9.96 Å². The lowest BCUT2D eigenvalue weighted by Gasteiger charge is -2.38. The lowest BCUT2D eigenvalue weighted by atomic mass is 9.88. The molecule has 6 rings (SSSR count). The summed E-state index contributed by atoms with van der Waals surface area (Å²) in [7, 11) is -2.15. The Bertz CT molecular complexity index is 1680. The molecule has 2 saturated heterocycles. The second kappa shape index (κ2) is 11.3. The number of anilines is 1. The summed E-state index contributed by atoms with van der Waals surface area (Å²) < 4.78 is 36.4. The van der Waals surface area contributed by atoms with Gasteiger partial charge < -0.3 is 14.5 Å². The van der Waals surface area contributed by atoms with Crippen molar-refractivity contribution in [1.29, 1.82) is 0 Å². The van der Waals surface area contributed by atoms with Crippen LogP contribution in [0, 0.1) is 12.8 Å². The maximum absolute atomic E-state index is 14.1. The number of ether oxygens (including phenoxy) is 1. The van der Waals surface area contributed by atoms with E-state index in [1.807, 2.05) is 78.6 Å². The zero-order valence-electron chi connectivity index (χ0n) is 23.0. The fourth-order valence-corrected chi connectivity index (χ4v) is 9.62. The van der Waals surface area contributed by atoms with Crippen LogP contribution >= 0.6 is 22.9 Å². The largest absolute Gasteiger partial charge is 0.495 e. The molecule has 2 aliphatic rings. The van der Waals surface area contributed by atoms with Crippen molar-refractivity contribution < 1.29 is 17.9 Å². The lowest BCUT2D eigenvalue weighted by Crippen LogP contribution is -2.51. The molecular weight excluding hydrogens is 578 g/mol. The number of rotatable bonds is 6. The van der Waals surface area contributed by atoms with E-state index in [1.165, 1.54) is 15.6 Å². The molecule has 0 radical (unpaired) electrons. The summed E-state index contributed by atoms with van der Waals surface area (Å²) in [5.41, 5.74) is 2.70. The van der Waals surface area contributed by atoms with E-state index >= 15 is 0 Å². The van der Waals surface area contributed by atoms with Gasteiger partial charge in [0.05, 0.1) is 18.7 Å². The molecule has 4 aromatic rings. The van der Waals surface area contributed by atoms with Gasteiger partial charge in [-0.25, -0.2) is 8.42 Å². The predicted molar refractivity (Wildman–Crippen MR) is 165 cm³/mol. The molecule has 0 aliphatic carbocycles. The molecule has 214 valence electrons. The normalized spacial score (nSPS) is 20.1. The molecule has 0 unspecified atom stereocenters. The third kappa shape index (κ3) is 5.20. The molecule has 3 heterocycles. The predicted octanol–water partition coefficient (Wildman–Crippen LogP) is 5.62. The zero-order valence-corrected chi connectivity index (χ0v) is 25.4. The number of fused-ring (bicyclic) bond motifs is 1. The number of sulfonamides is 1. The van der Waals surface area contributed by atoms with Crippen molar-refractivity contribution in [2.75, 3.05) is 51.3 Å². The van der Waals surface area contributed by atoms with E-state index in [-0.39, 0.29) is 24.9 Å². The van der Waals surface area contributed by atoms with Crippen molar-refractivity contribution in [3.8, 4) is 5.75 Å². The molecule has 0 bridgehead atoms. The van der Waals surface area contributed by atoms with Gasteiger partial charge in [0.2, 0.25) is 5.91 Å². The van der Waals surface area contributed by atoms with Gasteiger partial charge in [-0.05, 0) is 53.8 Å². The van der Waals surface area contributed by atoms with E-state index in [0.717, 1.165) is 27.1 Å². The Balaban J connectivity index is 1.26. The van der Waals surface area contributed by atoms with E-state index < -0.39 is 15.9 Å². The molecule has 2 aliphatic heterocycles. The molecule has 1 amide bonds. The fraction of sp³-hybridized carbons (Fsp3) is 0.323. The Kier molecular flexibility index (Phi) is 7.72. The summed E-state index contributed by atoms with van der Waals surface area (Å²) in [6.45, 7) is 4.74. The van der Waals surface area contributed by atoms with Crippen molar-refractivity contribution in [2.45, 2.75) is 17.1 Å². The Labute approximate surface area is 249 Å². The quantitative estimate of drug-likeness (QED) is 0.284. The molecule has 10 heteroatoms. The zero-order chi connectivity index (χ0) is 28.7.